The number of aromatic nitrogens is 2. The molecule has 0 saturated heterocycles. The van der Waals surface area contributed by atoms with Gasteiger partial charge in [0.25, 0.3) is 0 Å². The number of hydrogen-bond acceptors (Lipinski definition) is 5. The van der Waals surface area contributed by atoms with Gasteiger partial charge in [-0.15, -0.1) is 0 Å². The van der Waals surface area contributed by atoms with Gasteiger partial charge in [0.15, 0.2) is 11.6 Å². The third-order valence-corrected chi connectivity index (χ3v) is 1.30. The van der Waals surface area contributed by atoms with E-state index in [1.54, 1.807) is 6.67 Å². The molecule has 0 atom stereocenters. The van der Waals surface area contributed by atoms with Crippen molar-refractivity contribution in [2.45, 2.75) is 0 Å². The summed E-state index contributed by atoms with van der Waals surface area (Å²) < 4.78 is 0. The van der Waals surface area contributed by atoms with Crippen LogP contribution in [0, 0.1) is 6.67 Å². The minimum atomic E-state index is 0.464. The van der Waals surface area contributed by atoms with Gasteiger partial charge < -0.3 is 16.4 Å². The van der Waals surface area contributed by atoms with Crippen molar-refractivity contribution in [3.8, 4) is 0 Å². The van der Waals surface area contributed by atoms with Crippen molar-refractivity contribution in [3.05, 3.63) is 13.0 Å². The fourth-order valence-electron chi connectivity index (χ4n) is 0.828. The molecular formula is C5H6N5. The van der Waals surface area contributed by atoms with E-state index in [-0.39, 0.29) is 0 Å². The highest BCUT2D eigenvalue weighted by molar-refractivity contribution is 5.80. The third-order valence-electron chi connectivity index (χ3n) is 1.30. The summed E-state index contributed by atoms with van der Waals surface area (Å²) in [4.78, 5) is 7.72. The quantitative estimate of drug-likeness (QED) is 0.468. The molecule has 0 saturated carbocycles. The van der Waals surface area contributed by atoms with Crippen LogP contribution in [0.4, 0.5) is 17.3 Å². The van der Waals surface area contributed by atoms with E-state index in [9.17, 15) is 0 Å². The summed E-state index contributed by atoms with van der Waals surface area (Å²) in [5.41, 5.74) is 6.25. The van der Waals surface area contributed by atoms with Gasteiger partial charge in [0.2, 0.25) is 0 Å². The second-order valence-corrected chi connectivity index (χ2v) is 1.92. The molecule has 2 rings (SSSR count). The molecule has 1 aliphatic heterocycles. The molecule has 0 aromatic carbocycles. The van der Waals surface area contributed by atoms with Crippen LogP contribution in [0.2, 0.25) is 0 Å². The maximum atomic E-state index is 5.50. The number of nitrogen functional groups attached to an aromatic ring is 1. The highest BCUT2D eigenvalue weighted by Gasteiger charge is 2.13. The van der Waals surface area contributed by atoms with Crippen molar-refractivity contribution in [1.82, 2.24) is 9.97 Å². The Balaban J connectivity index is 2.59. The van der Waals surface area contributed by atoms with Crippen molar-refractivity contribution < 1.29 is 0 Å². The van der Waals surface area contributed by atoms with Crippen LogP contribution in [0.1, 0.15) is 0 Å². The van der Waals surface area contributed by atoms with Crippen LogP contribution in [0.25, 0.3) is 0 Å². The smallest absolute Gasteiger partial charge is 0.156 e. The molecule has 1 aliphatic rings. The summed E-state index contributed by atoms with van der Waals surface area (Å²) in [6.07, 6.45) is 1.42. The van der Waals surface area contributed by atoms with Crippen molar-refractivity contribution >= 4 is 17.3 Å². The first-order chi connectivity index (χ1) is 4.88. The molecule has 4 N–H and O–H groups in total. The summed E-state index contributed by atoms with van der Waals surface area (Å²) in [5.74, 6) is 1.19. The topological polar surface area (TPSA) is 75.9 Å². The van der Waals surface area contributed by atoms with Crippen LogP contribution in [0.5, 0.6) is 0 Å². The lowest BCUT2D eigenvalue weighted by Gasteiger charge is -1.97. The molecule has 0 aliphatic carbocycles. The number of fused-ring (bicyclic) bond motifs is 1. The zero-order valence-electron chi connectivity index (χ0n) is 5.13. The van der Waals surface area contributed by atoms with Gasteiger partial charge in [-0.05, 0) is 0 Å². The molecule has 0 amide bonds. The molecule has 0 bridgehead atoms. The van der Waals surface area contributed by atoms with Crippen LogP contribution < -0.4 is 16.4 Å². The molecule has 2 heterocycles. The van der Waals surface area contributed by atoms with Crippen molar-refractivity contribution in [2.24, 2.45) is 0 Å². The van der Waals surface area contributed by atoms with Gasteiger partial charge in [-0.3, -0.25) is 0 Å². The van der Waals surface area contributed by atoms with Gasteiger partial charge in [0, 0.05) is 0 Å². The van der Waals surface area contributed by atoms with Gasteiger partial charge >= 0.3 is 0 Å². The fourth-order valence-corrected chi connectivity index (χ4v) is 0.828. The molecule has 1 aromatic heterocycles. The van der Waals surface area contributed by atoms with Crippen molar-refractivity contribution in [1.29, 1.82) is 0 Å². The van der Waals surface area contributed by atoms with Crippen LogP contribution in [-0.4, -0.2) is 9.97 Å². The molecule has 1 aromatic rings. The Labute approximate surface area is 57.7 Å². The largest absolute Gasteiger partial charge is 0.382 e. The fraction of sp³-hybridized carbons (Fsp3) is 0. The maximum absolute atomic E-state index is 5.50. The first-order valence-corrected chi connectivity index (χ1v) is 2.83. The Hall–Kier alpha value is -1.52. The Kier molecular flexibility index (Phi) is 0.913. The summed E-state index contributed by atoms with van der Waals surface area (Å²) in [5, 5.41) is 5.76. The van der Waals surface area contributed by atoms with Crippen molar-refractivity contribution in [2.75, 3.05) is 16.4 Å². The first kappa shape index (κ1) is 5.28. The monoisotopic (exact) mass is 136 g/mol. The number of hydrogen-bond donors (Lipinski definition) is 3. The SMILES string of the molecule is Nc1ncnc2c1N[CH]N2. The van der Waals surface area contributed by atoms with E-state index < -0.39 is 0 Å². The molecule has 0 spiro atoms. The molecule has 0 unspecified atom stereocenters. The van der Waals surface area contributed by atoms with Gasteiger partial charge in [0.1, 0.15) is 18.7 Å². The average Bonchev–Trinajstić information content (AvgIpc) is 2.36. The normalized spacial score (nSPS) is 13.6. The lowest BCUT2D eigenvalue weighted by atomic mass is 10.4. The predicted octanol–water partition coefficient (Wildman–Crippen LogP) is 0.0155. The molecular weight excluding hydrogens is 130 g/mol. The number of rotatable bonds is 0. The van der Waals surface area contributed by atoms with Crippen LogP contribution in [0.15, 0.2) is 6.33 Å². The second kappa shape index (κ2) is 1.73. The minimum Gasteiger partial charge on any atom is -0.382 e. The summed E-state index contributed by atoms with van der Waals surface area (Å²) in [6.45, 7) is 1.66. The standard InChI is InChI=1S/C5H6N5/c6-4-3-5(9-1-7-3)10-2-8-4/h1-2,7H,(H3,6,8,9,10). The Morgan fingerprint density at radius 3 is 3.00 bits per heavy atom. The first-order valence-electron chi connectivity index (χ1n) is 2.83. The molecule has 0 fully saturated rings. The van der Waals surface area contributed by atoms with E-state index >= 15 is 0 Å². The Morgan fingerprint density at radius 2 is 2.20 bits per heavy atom. The lowest BCUT2D eigenvalue weighted by Crippen LogP contribution is -1.95. The van der Waals surface area contributed by atoms with Crippen LogP contribution >= 0.6 is 0 Å². The molecule has 5 nitrogen and oxygen atoms in total. The van der Waals surface area contributed by atoms with Crippen LogP contribution in [0.3, 0.4) is 0 Å². The predicted molar refractivity (Wildman–Crippen MR) is 38.0 cm³/mol. The van der Waals surface area contributed by atoms with E-state index in [2.05, 4.69) is 20.6 Å². The summed E-state index contributed by atoms with van der Waals surface area (Å²) in [6, 6.07) is 0. The van der Waals surface area contributed by atoms with E-state index in [1.165, 1.54) is 6.33 Å². The molecule has 5 heteroatoms. The Bertz CT molecular complexity index is 258. The number of nitrogens with one attached hydrogen (secondary N) is 2. The molecule has 10 heavy (non-hydrogen) atoms. The summed E-state index contributed by atoms with van der Waals surface area (Å²) >= 11 is 0. The maximum Gasteiger partial charge on any atom is 0.156 e. The lowest BCUT2D eigenvalue weighted by molar-refractivity contribution is 1.19. The minimum absolute atomic E-state index is 0.464. The molecule has 51 valence electrons. The van der Waals surface area contributed by atoms with Gasteiger partial charge in [0.05, 0.1) is 0 Å². The Morgan fingerprint density at radius 1 is 1.30 bits per heavy atom. The summed E-state index contributed by atoms with van der Waals surface area (Å²) in [7, 11) is 0. The van der Waals surface area contributed by atoms with Gasteiger partial charge in [-0.2, -0.15) is 0 Å². The number of nitrogens with two attached hydrogens (primary N) is 1. The highest BCUT2D eigenvalue weighted by Crippen LogP contribution is 2.28. The molecule has 1 radical (unpaired) electrons. The van der Waals surface area contributed by atoms with E-state index in [4.69, 9.17) is 5.73 Å². The van der Waals surface area contributed by atoms with Crippen molar-refractivity contribution in [3.63, 3.8) is 0 Å². The number of anilines is 3. The second-order valence-electron chi connectivity index (χ2n) is 1.92. The van der Waals surface area contributed by atoms with E-state index in [0.717, 1.165) is 11.5 Å². The van der Waals surface area contributed by atoms with Crippen LogP contribution in [-0.2, 0) is 0 Å². The van der Waals surface area contributed by atoms with E-state index in [1.807, 2.05) is 0 Å². The number of nitrogens with zero attached hydrogens (tertiary/aromatic N) is 2. The highest BCUT2D eigenvalue weighted by atomic mass is 15.2. The zero-order valence-corrected chi connectivity index (χ0v) is 5.13. The zero-order chi connectivity index (χ0) is 6.97. The third kappa shape index (κ3) is 0.570. The van der Waals surface area contributed by atoms with Gasteiger partial charge in [-0.25, -0.2) is 9.97 Å². The average molecular weight is 136 g/mol. The van der Waals surface area contributed by atoms with E-state index in [0.29, 0.717) is 5.82 Å². The van der Waals surface area contributed by atoms with Gasteiger partial charge in [-0.1, -0.05) is 0 Å².